The number of benzene rings is 1. The second kappa shape index (κ2) is 3.62. The molecule has 0 saturated heterocycles. The van der Waals surface area contributed by atoms with Gasteiger partial charge in [-0.2, -0.15) is 25.3 Å². The number of phenols is 1. The summed E-state index contributed by atoms with van der Waals surface area (Å²) in [5.41, 5.74) is 2.77. The van der Waals surface area contributed by atoms with Crippen LogP contribution in [0.5, 0.6) is 5.75 Å². The summed E-state index contributed by atoms with van der Waals surface area (Å²) >= 11 is 8.40. The van der Waals surface area contributed by atoms with E-state index >= 15 is 0 Å². The van der Waals surface area contributed by atoms with Crippen molar-refractivity contribution >= 4 is 25.3 Å². The van der Waals surface area contributed by atoms with Crippen LogP contribution in [0.25, 0.3) is 0 Å². The molecule has 0 unspecified atom stereocenters. The van der Waals surface area contributed by atoms with Crippen molar-refractivity contribution in [1.82, 2.24) is 0 Å². The molecule has 1 N–H and O–H groups in total. The van der Waals surface area contributed by atoms with Crippen molar-refractivity contribution in [2.24, 2.45) is 0 Å². The maximum absolute atomic E-state index is 9.46. The van der Waals surface area contributed by atoms with E-state index < -0.39 is 0 Å². The third kappa shape index (κ3) is 1.90. The fourth-order valence-electron chi connectivity index (χ4n) is 1.14. The van der Waals surface area contributed by atoms with Crippen molar-refractivity contribution in [2.45, 2.75) is 18.4 Å². The first-order chi connectivity index (χ1) is 5.52. The zero-order valence-electron chi connectivity index (χ0n) is 7.07. The van der Waals surface area contributed by atoms with Gasteiger partial charge in [-0.25, -0.2) is 0 Å². The number of hydrogen-bond acceptors (Lipinski definition) is 3. The number of aryl methyl sites for hydroxylation is 2. The summed E-state index contributed by atoms with van der Waals surface area (Å²) in [4.78, 5) is 0. The van der Waals surface area contributed by atoms with Gasteiger partial charge in [0, 0.05) is 0 Å². The number of hydrogen-bond donors (Lipinski definition) is 3. The molecular formula is C9H12OS2. The van der Waals surface area contributed by atoms with Gasteiger partial charge < -0.3 is 5.11 Å². The molecule has 0 heterocycles. The molecule has 0 aromatic heterocycles. The van der Waals surface area contributed by atoms with Crippen molar-refractivity contribution in [1.29, 1.82) is 0 Å². The molecule has 0 radical (unpaired) electrons. The van der Waals surface area contributed by atoms with Crippen LogP contribution in [0.2, 0.25) is 0 Å². The molecule has 1 rings (SSSR count). The van der Waals surface area contributed by atoms with Gasteiger partial charge in [0.2, 0.25) is 0 Å². The van der Waals surface area contributed by atoms with Crippen molar-refractivity contribution in [3.63, 3.8) is 0 Å². The molecule has 0 spiro atoms. The lowest BCUT2D eigenvalue weighted by molar-refractivity contribution is 0.466. The zero-order chi connectivity index (χ0) is 9.30. The van der Waals surface area contributed by atoms with E-state index in [0.29, 0.717) is 5.75 Å². The quantitative estimate of drug-likeness (QED) is 0.470. The van der Waals surface area contributed by atoms with Crippen LogP contribution in [-0.4, -0.2) is 5.11 Å². The van der Waals surface area contributed by atoms with Gasteiger partial charge in [0.1, 0.15) is 5.75 Å². The van der Waals surface area contributed by atoms with Gasteiger partial charge in [0.15, 0.2) is 0 Å². The minimum atomic E-state index is -0.0806. The number of phenolic OH excluding ortho intramolecular Hbond substituents is 1. The van der Waals surface area contributed by atoms with E-state index in [1.54, 1.807) is 0 Å². The van der Waals surface area contributed by atoms with Gasteiger partial charge in [-0.15, -0.1) is 0 Å². The van der Waals surface area contributed by atoms with E-state index in [0.717, 1.165) is 16.7 Å². The van der Waals surface area contributed by atoms with E-state index in [9.17, 15) is 5.11 Å². The third-order valence-electron chi connectivity index (χ3n) is 1.81. The van der Waals surface area contributed by atoms with Crippen LogP contribution < -0.4 is 0 Å². The molecule has 0 amide bonds. The third-order valence-corrected chi connectivity index (χ3v) is 2.41. The first-order valence-electron chi connectivity index (χ1n) is 3.68. The first-order valence-corrected chi connectivity index (χ1v) is 4.72. The average Bonchev–Trinajstić information content (AvgIpc) is 1.99. The van der Waals surface area contributed by atoms with Gasteiger partial charge in [-0.1, -0.05) is 12.1 Å². The van der Waals surface area contributed by atoms with Crippen LogP contribution in [0.1, 0.15) is 21.3 Å². The Kier molecular flexibility index (Phi) is 2.96. The Morgan fingerprint density at radius 2 is 1.58 bits per heavy atom. The summed E-state index contributed by atoms with van der Waals surface area (Å²) in [6.07, 6.45) is 0. The molecule has 1 nitrogen and oxygen atoms in total. The second-order valence-electron chi connectivity index (χ2n) is 2.88. The fraction of sp³-hybridized carbons (Fsp3) is 0.333. The predicted octanol–water partition coefficient (Wildman–Crippen LogP) is 2.87. The minimum absolute atomic E-state index is 0.0806. The lowest BCUT2D eigenvalue weighted by atomic mass is 10.1. The van der Waals surface area contributed by atoms with Gasteiger partial charge in [0.05, 0.1) is 4.58 Å². The normalized spacial score (nSPS) is 10.8. The standard InChI is InChI=1S/C9H12OS2/c1-5-3-7(9(11)12)4-6(2)8(5)10/h3-4,9-12H,1-2H3. The summed E-state index contributed by atoms with van der Waals surface area (Å²) in [7, 11) is 0. The van der Waals surface area contributed by atoms with E-state index in [2.05, 4.69) is 25.3 Å². The van der Waals surface area contributed by atoms with Crippen LogP contribution in [0, 0.1) is 13.8 Å². The van der Waals surface area contributed by atoms with Crippen LogP contribution in [0.3, 0.4) is 0 Å². The number of thiol groups is 2. The van der Waals surface area contributed by atoms with E-state index in [1.807, 2.05) is 26.0 Å². The van der Waals surface area contributed by atoms with Crippen molar-refractivity contribution in [2.75, 3.05) is 0 Å². The zero-order valence-corrected chi connectivity index (χ0v) is 8.86. The highest BCUT2D eigenvalue weighted by Gasteiger charge is 2.06. The number of aromatic hydroxyl groups is 1. The second-order valence-corrected chi connectivity index (χ2v) is 4.32. The molecule has 0 saturated carbocycles. The topological polar surface area (TPSA) is 20.2 Å². The molecule has 0 atom stereocenters. The molecule has 0 bridgehead atoms. The van der Waals surface area contributed by atoms with Gasteiger partial charge >= 0.3 is 0 Å². The van der Waals surface area contributed by atoms with Crippen molar-refractivity contribution in [3.8, 4) is 5.75 Å². The van der Waals surface area contributed by atoms with Gasteiger partial charge in [-0.05, 0) is 30.5 Å². The van der Waals surface area contributed by atoms with E-state index in [-0.39, 0.29) is 4.58 Å². The minimum Gasteiger partial charge on any atom is -0.507 e. The van der Waals surface area contributed by atoms with Crippen LogP contribution in [-0.2, 0) is 0 Å². The van der Waals surface area contributed by atoms with Gasteiger partial charge in [-0.3, -0.25) is 0 Å². The Morgan fingerprint density at radius 1 is 1.17 bits per heavy atom. The van der Waals surface area contributed by atoms with Crippen LogP contribution in [0.4, 0.5) is 0 Å². The largest absolute Gasteiger partial charge is 0.507 e. The van der Waals surface area contributed by atoms with E-state index in [1.165, 1.54) is 0 Å². The molecular weight excluding hydrogens is 188 g/mol. The summed E-state index contributed by atoms with van der Waals surface area (Å²) in [6, 6.07) is 3.79. The maximum atomic E-state index is 9.46. The molecule has 0 aliphatic heterocycles. The Balaban J connectivity index is 3.21. The lowest BCUT2D eigenvalue weighted by Gasteiger charge is -2.09. The molecule has 0 aliphatic rings. The van der Waals surface area contributed by atoms with Gasteiger partial charge in [0.25, 0.3) is 0 Å². The molecule has 0 aliphatic carbocycles. The Hall–Kier alpha value is -0.280. The smallest absolute Gasteiger partial charge is 0.121 e. The highest BCUT2D eigenvalue weighted by molar-refractivity contribution is 7.98. The molecule has 66 valence electrons. The average molecular weight is 200 g/mol. The molecule has 0 fully saturated rings. The monoisotopic (exact) mass is 200 g/mol. The summed E-state index contributed by atoms with van der Waals surface area (Å²) in [5, 5.41) is 9.46. The molecule has 3 heteroatoms. The SMILES string of the molecule is Cc1cc(C(S)S)cc(C)c1O. The lowest BCUT2D eigenvalue weighted by Crippen LogP contribution is -1.87. The highest BCUT2D eigenvalue weighted by atomic mass is 32.2. The summed E-state index contributed by atoms with van der Waals surface area (Å²) in [6.45, 7) is 3.74. The highest BCUT2D eigenvalue weighted by Crippen LogP contribution is 2.30. The van der Waals surface area contributed by atoms with Crippen LogP contribution >= 0.6 is 25.3 Å². The first kappa shape index (κ1) is 9.81. The molecule has 12 heavy (non-hydrogen) atoms. The Morgan fingerprint density at radius 3 is 1.92 bits per heavy atom. The van der Waals surface area contributed by atoms with Crippen molar-refractivity contribution in [3.05, 3.63) is 28.8 Å². The number of rotatable bonds is 1. The fourth-order valence-corrected chi connectivity index (χ4v) is 1.44. The predicted molar refractivity (Wildman–Crippen MR) is 58.3 cm³/mol. The Bertz CT molecular complexity index is 272. The van der Waals surface area contributed by atoms with Crippen molar-refractivity contribution < 1.29 is 5.11 Å². The van der Waals surface area contributed by atoms with E-state index in [4.69, 9.17) is 0 Å². The molecule has 1 aromatic rings. The summed E-state index contributed by atoms with van der Waals surface area (Å²) < 4.78 is -0.0806. The summed E-state index contributed by atoms with van der Waals surface area (Å²) in [5.74, 6) is 0.362. The maximum Gasteiger partial charge on any atom is 0.121 e. The Labute approximate surface area is 83.6 Å². The molecule has 1 aromatic carbocycles. The van der Waals surface area contributed by atoms with Crippen LogP contribution in [0.15, 0.2) is 12.1 Å².